The number of carbonyl (C=O) groups is 2. The monoisotopic (exact) mass is 377 g/mol. The fourth-order valence-electron chi connectivity index (χ4n) is 2.15. The van der Waals surface area contributed by atoms with Gasteiger partial charge in [0.1, 0.15) is 5.76 Å². The van der Waals surface area contributed by atoms with Crippen molar-refractivity contribution < 1.29 is 19.1 Å². The van der Waals surface area contributed by atoms with Gasteiger partial charge in [0.2, 0.25) is 11.8 Å². The van der Waals surface area contributed by atoms with Crippen LogP contribution in [0.1, 0.15) is 27.0 Å². The van der Waals surface area contributed by atoms with Gasteiger partial charge in [0, 0.05) is 29.3 Å². The molecule has 3 heterocycles. The zero-order chi connectivity index (χ0) is 17.8. The number of amides is 1. The third kappa shape index (κ3) is 4.31. The van der Waals surface area contributed by atoms with Crippen molar-refractivity contribution in [2.75, 3.05) is 6.54 Å². The molecule has 2 N–H and O–H groups in total. The molecule has 3 aromatic rings. The third-order valence-corrected chi connectivity index (χ3v) is 5.01. The predicted molar refractivity (Wildman–Crippen MR) is 94.0 cm³/mol. The largest absolute Gasteiger partial charge is 0.476 e. The lowest BCUT2D eigenvalue weighted by Gasteiger charge is -2.02. The van der Waals surface area contributed by atoms with Crippen LogP contribution in [0.4, 0.5) is 0 Å². The van der Waals surface area contributed by atoms with E-state index in [4.69, 9.17) is 9.52 Å². The van der Waals surface area contributed by atoms with Crippen LogP contribution in [-0.4, -0.2) is 33.5 Å². The van der Waals surface area contributed by atoms with Crippen LogP contribution < -0.4 is 5.32 Å². The zero-order valence-electron chi connectivity index (χ0n) is 13.3. The van der Waals surface area contributed by atoms with Crippen LogP contribution in [0.25, 0.3) is 11.5 Å². The second-order valence-electron chi connectivity index (χ2n) is 5.24. The van der Waals surface area contributed by atoms with Gasteiger partial charge in [-0.25, -0.2) is 14.8 Å². The van der Waals surface area contributed by atoms with Crippen LogP contribution in [0.5, 0.6) is 0 Å². The molecule has 3 aromatic heterocycles. The second-order valence-corrected chi connectivity index (χ2v) is 6.96. The van der Waals surface area contributed by atoms with E-state index < -0.39 is 5.97 Å². The van der Waals surface area contributed by atoms with Crippen LogP contribution in [0.15, 0.2) is 26.6 Å². The Bertz CT molecular complexity index is 883. The maximum absolute atomic E-state index is 12.1. The number of rotatable bonds is 7. The highest BCUT2D eigenvalue weighted by Crippen LogP contribution is 2.24. The second kappa shape index (κ2) is 7.58. The number of thiazole rings is 1. The van der Waals surface area contributed by atoms with E-state index in [-0.39, 0.29) is 18.0 Å². The first-order valence-corrected chi connectivity index (χ1v) is 9.28. The van der Waals surface area contributed by atoms with E-state index in [0.717, 1.165) is 5.56 Å². The van der Waals surface area contributed by atoms with Crippen molar-refractivity contribution in [3.63, 3.8) is 0 Å². The lowest BCUT2D eigenvalue weighted by atomic mass is 10.2. The number of aryl methyl sites for hydroxylation is 1. The number of nitrogens with zero attached hydrogens (tertiary/aromatic N) is 2. The molecule has 1 amide bonds. The van der Waals surface area contributed by atoms with E-state index >= 15 is 0 Å². The Morgan fingerprint density at radius 3 is 2.84 bits per heavy atom. The summed E-state index contributed by atoms with van der Waals surface area (Å²) in [5.41, 5.74) is 1.55. The summed E-state index contributed by atoms with van der Waals surface area (Å²) >= 11 is 2.82. The van der Waals surface area contributed by atoms with Crippen molar-refractivity contribution in [1.29, 1.82) is 0 Å². The Hall–Kier alpha value is -2.52. The van der Waals surface area contributed by atoms with Crippen LogP contribution in [0.2, 0.25) is 0 Å². The average Bonchev–Trinajstić information content (AvgIpc) is 3.29. The molecule has 3 rings (SSSR count). The van der Waals surface area contributed by atoms with Gasteiger partial charge in [0.05, 0.1) is 17.1 Å². The number of carboxylic acid groups (broad SMARTS) is 1. The number of thiophene rings is 1. The molecule has 0 fully saturated rings. The van der Waals surface area contributed by atoms with E-state index in [1.165, 1.54) is 16.7 Å². The Morgan fingerprint density at radius 2 is 2.16 bits per heavy atom. The summed E-state index contributed by atoms with van der Waals surface area (Å²) in [5, 5.41) is 17.7. The van der Waals surface area contributed by atoms with Crippen LogP contribution >= 0.6 is 22.7 Å². The smallest absolute Gasteiger partial charge is 0.355 e. The quantitative estimate of drug-likeness (QED) is 0.656. The number of aromatic nitrogens is 2. The minimum absolute atomic E-state index is 0.0329. The van der Waals surface area contributed by atoms with Gasteiger partial charge in [-0.3, -0.25) is 4.79 Å². The van der Waals surface area contributed by atoms with Gasteiger partial charge < -0.3 is 14.8 Å². The molecular formula is C16H15N3O4S2. The molecule has 0 unspecified atom stereocenters. The Morgan fingerprint density at radius 1 is 1.32 bits per heavy atom. The molecule has 0 aliphatic heterocycles. The van der Waals surface area contributed by atoms with Crippen molar-refractivity contribution in [3.05, 3.63) is 44.4 Å². The van der Waals surface area contributed by atoms with Crippen molar-refractivity contribution in [2.24, 2.45) is 0 Å². The molecule has 0 radical (unpaired) electrons. The van der Waals surface area contributed by atoms with Gasteiger partial charge in [-0.2, -0.15) is 11.3 Å². The normalized spacial score (nSPS) is 10.8. The Labute approximate surface area is 151 Å². The number of nitrogens with one attached hydrogen (secondary N) is 1. The average molecular weight is 377 g/mol. The van der Waals surface area contributed by atoms with Gasteiger partial charge >= 0.3 is 5.97 Å². The molecule has 130 valence electrons. The Balaban J connectivity index is 1.51. The maximum Gasteiger partial charge on any atom is 0.355 e. The minimum atomic E-state index is -1.05. The van der Waals surface area contributed by atoms with Crippen molar-refractivity contribution in [1.82, 2.24) is 15.3 Å². The summed E-state index contributed by atoms with van der Waals surface area (Å²) < 4.78 is 5.61. The molecule has 7 nitrogen and oxygen atoms in total. The number of carboxylic acids is 1. The summed E-state index contributed by atoms with van der Waals surface area (Å²) in [4.78, 5) is 31.2. The van der Waals surface area contributed by atoms with E-state index in [2.05, 4.69) is 15.3 Å². The summed E-state index contributed by atoms with van der Waals surface area (Å²) in [6, 6.07) is 1.92. The highest BCUT2D eigenvalue weighted by Gasteiger charge is 2.15. The minimum Gasteiger partial charge on any atom is -0.476 e. The van der Waals surface area contributed by atoms with Crippen LogP contribution in [0, 0.1) is 6.92 Å². The molecular weight excluding hydrogens is 362 g/mol. The molecule has 0 saturated carbocycles. The fourth-order valence-corrected chi connectivity index (χ4v) is 3.55. The highest BCUT2D eigenvalue weighted by atomic mass is 32.1. The SMILES string of the molecule is Cc1oc(-c2ccsc2)nc1CC(=O)NCCc1nc(C(=O)O)cs1. The molecule has 0 saturated heterocycles. The number of hydrogen-bond donors (Lipinski definition) is 2. The van der Waals surface area contributed by atoms with E-state index in [9.17, 15) is 9.59 Å². The number of oxazole rings is 1. The van der Waals surface area contributed by atoms with Crippen molar-refractivity contribution >= 4 is 34.6 Å². The number of hydrogen-bond acceptors (Lipinski definition) is 7. The molecule has 25 heavy (non-hydrogen) atoms. The van der Waals surface area contributed by atoms with Gasteiger partial charge in [-0.05, 0) is 18.4 Å². The summed E-state index contributed by atoms with van der Waals surface area (Å²) in [5.74, 6) is -0.0642. The molecule has 0 aromatic carbocycles. The first-order chi connectivity index (χ1) is 12.0. The molecule has 0 bridgehead atoms. The lowest BCUT2D eigenvalue weighted by Crippen LogP contribution is -2.27. The van der Waals surface area contributed by atoms with Gasteiger partial charge in [-0.1, -0.05) is 0 Å². The van der Waals surface area contributed by atoms with Gasteiger partial charge in [-0.15, -0.1) is 11.3 Å². The standard InChI is InChI=1S/C16H15N3O4S2/c1-9-11(19-15(23-9)10-3-5-24-7-10)6-13(20)17-4-2-14-18-12(8-25-14)16(21)22/h3,5,7-8H,2,4,6H2,1H3,(H,17,20)(H,21,22). The summed E-state index contributed by atoms with van der Waals surface area (Å²) in [6.45, 7) is 2.17. The van der Waals surface area contributed by atoms with Crippen molar-refractivity contribution in [3.8, 4) is 11.5 Å². The summed E-state index contributed by atoms with van der Waals surface area (Å²) in [7, 11) is 0. The molecule has 0 aliphatic rings. The first kappa shape index (κ1) is 17.3. The predicted octanol–water partition coefficient (Wildman–Crippen LogP) is 2.77. The van der Waals surface area contributed by atoms with E-state index in [1.54, 1.807) is 18.3 Å². The Kier molecular flexibility index (Phi) is 5.25. The molecule has 0 spiro atoms. The molecule has 0 aliphatic carbocycles. The van der Waals surface area contributed by atoms with E-state index in [0.29, 0.717) is 35.3 Å². The van der Waals surface area contributed by atoms with Gasteiger partial charge in [0.15, 0.2) is 5.69 Å². The number of aromatic carboxylic acids is 1. The first-order valence-electron chi connectivity index (χ1n) is 7.46. The summed E-state index contributed by atoms with van der Waals surface area (Å²) in [6.07, 6.45) is 0.624. The number of carbonyl (C=O) groups excluding carboxylic acids is 1. The third-order valence-electron chi connectivity index (χ3n) is 3.42. The zero-order valence-corrected chi connectivity index (χ0v) is 14.9. The van der Waals surface area contributed by atoms with Gasteiger partial charge in [0.25, 0.3) is 0 Å². The molecule has 9 heteroatoms. The highest BCUT2D eigenvalue weighted by molar-refractivity contribution is 7.09. The van der Waals surface area contributed by atoms with Crippen molar-refractivity contribution in [2.45, 2.75) is 19.8 Å². The topological polar surface area (TPSA) is 105 Å². The van der Waals surface area contributed by atoms with Crippen LogP contribution in [0.3, 0.4) is 0 Å². The lowest BCUT2D eigenvalue weighted by molar-refractivity contribution is -0.120. The molecule has 0 atom stereocenters. The maximum atomic E-state index is 12.1. The van der Waals surface area contributed by atoms with E-state index in [1.807, 2.05) is 16.8 Å². The van der Waals surface area contributed by atoms with Crippen LogP contribution in [-0.2, 0) is 17.6 Å². The fraction of sp³-hybridized carbons (Fsp3) is 0.250.